The molecule has 1 amide bonds. The fraction of sp³-hybridized carbons (Fsp3) is 0.357. The molecule has 0 aliphatic heterocycles. The van der Waals surface area contributed by atoms with E-state index < -0.39 is 11.0 Å². The van der Waals surface area contributed by atoms with Crippen LogP contribution in [0.4, 0.5) is 9.52 Å². The number of thiazole rings is 1. The van der Waals surface area contributed by atoms with Gasteiger partial charge in [0.1, 0.15) is 5.56 Å². The lowest BCUT2D eigenvalue weighted by atomic mass is 10.0. The van der Waals surface area contributed by atoms with Gasteiger partial charge in [-0.05, 0) is 30.4 Å². The van der Waals surface area contributed by atoms with Crippen molar-refractivity contribution in [1.82, 2.24) is 9.55 Å². The Balaban J connectivity index is 1.99. The normalized spacial score (nSPS) is 16.8. The van der Waals surface area contributed by atoms with E-state index in [2.05, 4.69) is 17.2 Å². The smallest absolute Gasteiger partial charge is 0.263 e. The van der Waals surface area contributed by atoms with Gasteiger partial charge >= 0.3 is 0 Å². The van der Waals surface area contributed by atoms with E-state index in [4.69, 9.17) is 0 Å². The number of nitrogens with zero attached hydrogens (tertiary/aromatic N) is 2. The molecule has 21 heavy (non-hydrogen) atoms. The maximum Gasteiger partial charge on any atom is 0.263 e. The molecule has 0 spiro atoms. The van der Waals surface area contributed by atoms with Crippen LogP contribution in [0.1, 0.15) is 40.9 Å². The molecule has 0 bridgehead atoms. The molecule has 0 saturated carbocycles. The number of anilines is 1. The van der Waals surface area contributed by atoms with Crippen molar-refractivity contribution in [3.05, 3.63) is 44.6 Å². The molecule has 1 N–H and O–H groups in total. The maximum absolute atomic E-state index is 12.9. The van der Waals surface area contributed by atoms with Crippen molar-refractivity contribution in [2.24, 2.45) is 7.05 Å². The van der Waals surface area contributed by atoms with Crippen LogP contribution in [0.25, 0.3) is 0 Å². The first-order valence-electron chi connectivity index (χ1n) is 6.63. The van der Waals surface area contributed by atoms with E-state index in [9.17, 15) is 14.0 Å². The summed E-state index contributed by atoms with van der Waals surface area (Å²) >= 11 is 0.728. The van der Waals surface area contributed by atoms with Gasteiger partial charge in [0.2, 0.25) is 0 Å². The lowest BCUT2D eigenvalue weighted by molar-refractivity contribution is 0.102. The summed E-state index contributed by atoms with van der Waals surface area (Å²) in [6.45, 7) is 2.08. The zero-order chi connectivity index (χ0) is 15.1. The van der Waals surface area contributed by atoms with Gasteiger partial charge in [0, 0.05) is 12.7 Å². The van der Waals surface area contributed by atoms with Crippen molar-refractivity contribution in [3.63, 3.8) is 0 Å². The number of aromatic nitrogens is 2. The van der Waals surface area contributed by atoms with Gasteiger partial charge in [0.05, 0.1) is 6.20 Å². The number of hydrogen-bond acceptors (Lipinski definition) is 4. The van der Waals surface area contributed by atoms with Gasteiger partial charge in [0.25, 0.3) is 11.5 Å². The summed E-state index contributed by atoms with van der Waals surface area (Å²) in [6, 6.07) is 1.66. The van der Waals surface area contributed by atoms with Gasteiger partial charge in [0.15, 0.2) is 10.3 Å². The predicted octanol–water partition coefficient (Wildman–Crippen LogP) is 2.28. The van der Waals surface area contributed by atoms with Gasteiger partial charge in [-0.2, -0.15) is 4.39 Å². The van der Waals surface area contributed by atoms with Crippen LogP contribution < -0.4 is 10.9 Å². The largest absolute Gasteiger partial charge is 0.315 e. The molecule has 2 aromatic heterocycles. The van der Waals surface area contributed by atoms with Crippen LogP contribution in [0.5, 0.6) is 0 Å². The fourth-order valence-electron chi connectivity index (χ4n) is 2.68. The number of fused-ring (bicyclic) bond motifs is 1. The summed E-state index contributed by atoms with van der Waals surface area (Å²) < 4.78 is 14.4. The van der Waals surface area contributed by atoms with Crippen LogP contribution in [-0.4, -0.2) is 15.5 Å². The lowest BCUT2D eigenvalue weighted by Gasteiger charge is -2.11. The Morgan fingerprint density at radius 3 is 3.00 bits per heavy atom. The van der Waals surface area contributed by atoms with E-state index in [1.165, 1.54) is 4.57 Å². The Labute approximate surface area is 124 Å². The number of amides is 1. The molecule has 0 saturated heterocycles. The molecule has 0 aromatic carbocycles. The minimum Gasteiger partial charge on any atom is -0.315 e. The highest BCUT2D eigenvalue weighted by atomic mass is 32.1. The molecule has 110 valence electrons. The Bertz CT molecular complexity index is 781. The zero-order valence-corrected chi connectivity index (χ0v) is 12.5. The van der Waals surface area contributed by atoms with E-state index in [1.54, 1.807) is 13.1 Å². The topological polar surface area (TPSA) is 64.0 Å². The van der Waals surface area contributed by atoms with Crippen molar-refractivity contribution in [3.8, 4) is 0 Å². The fourth-order valence-corrected chi connectivity index (χ4v) is 3.22. The number of hydrogen-bond donors (Lipinski definition) is 1. The molecule has 1 atom stereocenters. The molecule has 5 nitrogen and oxygen atoms in total. The number of carbonyl (C=O) groups is 1. The molecule has 2 heterocycles. The number of carbonyl (C=O) groups excluding carboxylic acids is 1. The van der Waals surface area contributed by atoms with Crippen molar-refractivity contribution in [2.45, 2.75) is 25.7 Å². The molecule has 0 radical (unpaired) electrons. The second-order valence-electron chi connectivity index (χ2n) is 5.19. The van der Waals surface area contributed by atoms with E-state index in [-0.39, 0.29) is 16.3 Å². The van der Waals surface area contributed by atoms with Crippen molar-refractivity contribution < 1.29 is 9.18 Å². The number of pyridine rings is 1. The molecular formula is C14H14FN3O2S. The zero-order valence-electron chi connectivity index (χ0n) is 11.6. The van der Waals surface area contributed by atoms with Crippen molar-refractivity contribution >= 4 is 22.4 Å². The summed E-state index contributed by atoms with van der Waals surface area (Å²) in [5.41, 5.74) is 1.76. The molecular weight excluding hydrogens is 293 g/mol. The lowest BCUT2D eigenvalue weighted by Crippen LogP contribution is -2.29. The highest BCUT2D eigenvalue weighted by Crippen LogP contribution is 2.31. The highest BCUT2D eigenvalue weighted by Gasteiger charge is 2.25. The summed E-state index contributed by atoms with van der Waals surface area (Å²) in [5, 5.41) is 2.13. The quantitative estimate of drug-likeness (QED) is 0.926. The van der Waals surface area contributed by atoms with Crippen LogP contribution >= 0.6 is 11.3 Å². The standard InChI is InChI=1S/C14H14FN3O2S/c1-7-3-4-10-8(7)5-9(13(20)18(10)2)12(19)17-14-16-6-11(15)21-14/h5-7H,3-4H2,1-2H3,(H,16,17,19)/t7-/m0/s1. The first kappa shape index (κ1) is 13.9. The second kappa shape index (κ2) is 5.07. The first-order valence-corrected chi connectivity index (χ1v) is 7.44. The van der Waals surface area contributed by atoms with Gasteiger partial charge in [-0.15, -0.1) is 0 Å². The van der Waals surface area contributed by atoms with Crippen molar-refractivity contribution in [2.75, 3.05) is 5.32 Å². The van der Waals surface area contributed by atoms with Crippen LogP contribution in [0.3, 0.4) is 0 Å². The van der Waals surface area contributed by atoms with Gasteiger partial charge in [-0.3, -0.25) is 14.9 Å². The van der Waals surface area contributed by atoms with E-state index in [0.29, 0.717) is 5.92 Å². The average Bonchev–Trinajstić information content (AvgIpc) is 3.00. The van der Waals surface area contributed by atoms with Crippen LogP contribution in [0, 0.1) is 5.13 Å². The molecule has 3 rings (SSSR count). The number of nitrogens with one attached hydrogen (secondary N) is 1. The van der Waals surface area contributed by atoms with E-state index in [0.717, 1.165) is 41.6 Å². The maximum atomic E-state index is 12.9. The Morgan fingerprint density at radius 2 is 2.33 bits per heavy atom. The highest BCUT2D eigenvalue weighted by molar-refractivity contribution is 7.14. The minimum absolute atomic E-state index is 0.0700. The summed E-state index contributed by atoms with van der Waals surface area (Å²) in [5.74, 6) is -0.220. The number of rotatable bonds is 2. The van der Waals surface area contributed by atoms with Gasteiger partial charge in [-0.1, -0.05) is 18.3 Å². The van der Waals surface area contributed by atoms with Crippen LogP contribution in [-0.2, 0) is 13.5 Å². The molecule has 0 unspecified atom stereocenters. The third-order valence-corrected chi connectivity index (χ3v) is 4.56. The third-order valence-electron chi connectivity index (χ3n) is 3.86. The van der Waals surface area contributed by atoms with Crippen molar-refractivity contribution in [1.29, 1.82) is 0 Å². The average molecular weight is 307 g/mol. The first-order chi connectivity index (χ1) is 9.97. The molecule has 0 fully saturated rings. The Kier molecular flexibility index (Phi) is 3.36. The molecule has 7 heteroatoms. The summed E-state index contributed by atoms with van der Waals surface area (Å²) in [7, 11) is 1.68. The second-order valence-corrected chi connectivity index (χ2v) is 6.17. The Hall–Kier alpha value is -2.02. The molecule has 2 aromatic rings. The van der Waals surface area contributed by atoms with Gasteiger partial charge in [-0.25, -0.2) is 4.98 Å². The van der Waals surface area contributed by atoms with Gasteiger partial charge < -0.3 is 4.57 Å². The minimum atomic E-state index is -0.549. The summed E-state index contributed by atoms with van der Waals surface area (Å²) in [6.07, 6.45) is 2.86. The number of halogens is 1. The third kappa shape index (κ3) is 2.37. The Morgan fingerprint density at radius 1 is 1.57 bits per heavy atom. The predicted molar refractivity (Wildman–Crippen MR) is 78.4 cm³/mol. The van der Waals surface area contributed by atoms with E-state index >= 15 is 0 Å². The SMILES string of the molecule is C[C@H]1CCc2c1cc(C(=O)Nc1ncc(F)s1)c(=O)n2C. The van der Waals surface area contributed by atoms with Crippen LogP contribution in [0.2, 0.25) is 0 Å². The van der Waals surface area contributed by atoms with E-state index in [1.807, 2.05) is 0 Å². The molecule has 1 aliphatic rings. The van der Waals surface area contributed by atoms with Crippen LogP contribution in [0.15, 0.2) is 17.1 Å². The molecule has 1 aliphatic carbocycles. The monoisotopic (exact) mass is 307 g/mol. The summed E-state index contributed by atoms with van der Waals surface area (Å²) in [4.78, 5) is 28.2.